The van der Waals surface area contributed by atoms with Crippen LogP contribution in [-0.4, -0.2) is 40.7 Å². The number of benzene rings is 1. The number of hydrogen-bond donors (Lipinski definition) is 0. The minimum Gasteiger partial charge on any atom is -0.494 e. The summed E-state index contributed by atoms with van der Waals surface area (Å²) in [6.45, 7) is 6.91. The number of nitriles is 1. The van der Waals surface area contributed by atoms with Crippen molar-refractivity contribution in [2.24, 2.45) is 0 Å². The van der Waals surface area contributed by atoms with Gasteiger partial charge in [0.05, 0.1) is 30.1 Å². The smallest absolute Gasteiger partial charge is 0.124 e. The van der Waals surface area contributed by atoms with Gasteiger partial charge in [-0.1, -0.05) is 0 Å². The van der Waals surface area contributed by atoms with E-state index >= 15 is 0 Å². The topological polar surface area (TPSA) is 54.1 Å². The molecule has 116 valence electrons. The zero-order chi connectivity index (χ0) is 15.4. The first-order chi connectivity index (χ1) is 10.8. The Bertz CT molecular complexity index is 680. The van der Waals surface area contributed by atoms with Crippen molar-refractivity contribution in [1.82, 2.24) is 14.5 Å². The Morgan fingerprint density at radius 2 is 2.09 bits per heavy atom. The summed E-state index contributed by atoms with van der Waals surface area (Å²) in [5.41, 5.74) is 2.01. The van der Waals surface area contributed by atoms with Crippen LogP contribution >= 0.6 is 0 Å². The highest BCUT2D eigenvalue weighted by Gasteiger charge is 2.15. The minimum absolute atomic E-state index is 0.346. The zero-order valence-corrected chi connectivity index (χ0v) is 13.1. The Balaban J connectivity index is 1.87. The Labute approximate surface area is 131 Å². The van der Waals surface area contributed by atoms with E-state index in [4.69, 9.17) is 10.00 Å². The van der Waals surface area contributed by atoms with Crippen molar-refractivity contribution in [2.45, 2.75) is 32.7 Å². The molecule has 1 saturated heterocycles. The van der Waals surface area contributed by atoms with Crippen LogP contribution in [0, 0.1) is 11.3 Å². The van der Waals surface area contributed by atoms with E-state index in [1.54, 1.807) is 0 Å². The molecule has 1 aromatic carbocycles. The molecule has 0 amide bonds. The molecule has 1 aliphatic heterocycles. The number of imidazole rings is 1. The van der Waals surface area contributed by atoms with Crippen molar-refractivity contribution in [3.05, 3.63) is 24.0 Å². The third kappa shape index (κ3) is 3.07. The fraction of sp³-hybridized carbons (Fsp3) is 0.529. The molecule has 0 unspecified atom stereocenters. The van der Waals surface area contributed by atoms with E-state index in [1.165, 1.54) is 25.9 Å². The van der Waals surface area contributed by atoms with Crippen molar-refractivity contribution < 1.29 is 4.74 Å². The maximum Gasteiger partial charge on any atom is 0.124 e. The van der Waals surface area contributed by atoms with Gasteiger partial charge in [-0.05, 0) is 45.0 Å². The van der Waals surface area contributed by atoms with Gasteiger partial charge in [0.2, 0.25) is 0 Å². The van der Waals surface area contributed by atoms with Gasteiger partial charge in [-0.2, -0.15) is 5.26 Å². The predicted octanol–water partition coefficient (Wildman–Crippen LogP) is 2.60. The standard InChI is InChI=1S/C17H22N4O/c1-2-22-14-5-6-16-15(13-14)19-17(7-8-18)21(16)12-11-20-9-3-4-10-20/h5-6,13H,2-4,7,9-12H2,1H3. The van der Waals surface area contributed by atoms with Crippen molar-refractivity contribution >= 4 is 11.0 Å². The van der Waals surface area contributed by atoms with Crippen LogP contribution in [0.15, 0.2) is 18.2 Å². The summed E-state index contributed by atoms with van der Waals surface area (Å²) in [5.74, 6) is 1.69. The molecule has 0 spiro atoms. The summed E-state index contributed by atoms with van der Waals surface area (Å²) in [6.07, 6.45) is 2.94. The number of likely N-dealkylation sites (tertiary alicyclic amines) is 1. The molecule has 0 saturated carbocycles. The van der Waals surface area contributed by atoms with Gasteiger partial charge >= 0.3 is 0 Å². The monoisotopic (exact) mass is 298 g/mol. The van der Waals surface area contributed by atoms with Crippen LogP contribution in [0.5, 0.6) is 5.75 Å². The largest absolute Gasteiger partial charge is 0.494 e. The molecule has 0 radical (unpaired) electrons. The maximum absolute atomic E-state index is 9.05. The van der Waals surface area contributed by atoms with E-state index in [2.05, 4.69) is 26.6 Å². The molecule has 0 N–H and O–H groups in total. The summed E-state index contributed by atoms with van der Waals surface area (Å²) in [4.78, 5) is 7.12. The van der Waals surface area contributed by atoms with Crippen molar-refractivity contribution in [3.63, 3.8) is 0 Å². The van der Waals surface area contributed by atoms with Crippen LogP contribution in [0.4, 0.5) is 0 Å². The van der Waals surface area contributed by atoms with Gasteiger partial charge in [-0.25, -0.2) is 4.98 Å². The average molecular weight is 298 g/mol. The second kappa shape index (κ2) is 6.80. The summed E-state index contributed by atoms with van der Waals surface area (Å²) < 4.78 is 7.73. The van der Waals surface area contributed by atoms with E-state index in [0.29, 0.717) is 13.0 Å². The zero-order valence-electron chi connectivity index (χ0n) is 13.1. The van der Waals surface area contributed by atoms with Gasteiger partial charge in [0.15, 0.2) is 0 Å². The van der Waals surface area contributed by atoms with E-state index in [-0.39, 0.29) is 0 Å². The number of aromatic nitrogens is 2. The Hall–Kier alpha value is -2.06. The molecular weight excluding hydrogens is 276 g/mol. The van der Waals surface area contributed by atoms with E-state index in [1.807, 2.05) is 19.1 Å². The maximum atomic E-state index is 9.05. The van der Waals surface area contributed by atoms with Crippen molar-refractivity contribution in [3.8, 4) is 11.8 Å². The number of ether oxygens (including phenoxy) is 1. The van der Waals surface area contributed by atoms with Gasteiger partial charge in [0.1, 0.15) is 11.6 Å². The minimum atomic E-state index is 0.346. The van der Waals surface area contributed by atoms with Gasteiger partial charge in [0, 0.05) is 19.2 Å². The van der Waals surface area contributed by atoms with Crippen molar-refractivity contribution in [1.29, 1.82) is 5.26 Å². The number of rotatable bonds is 6. The highest BCUT2D eigenvalue weighted by molar-refractivity contribution is 5.78. The normalized spacial score (nSPS) is 15.3. The van der Waals surface area contributed by atoms with E-state index in [0.717, 1.165) is 35.7 Å². The second-order valence-electron chi connectivity index (χ2n) is 5.65. The molecule has 0 bridgehead atoms. The fourth-order valence-electron chi connectivity index (χ4n) is 3.12. The lowest BCUT2D eigenvalue weighted by atomic mass is 10.3. The number of hydrogen-bond acceptors (Lipinski definition) is 4. The quantitative estimate of drug-likeness (QED) is 0.822. The first-order valence-corrected chi connectivity index (χ1v) is 8.03. The summed E-state index contributed by atoms with van der Waals surface area (Å²) in [7, 11) is 0. The van der Waals surface area contributed by atoms with E-state index in [9.17, 15) is 0 Å². The molecular formula is C17H22N4O. The Morgan fingerprint density at radius 3 is 2.82 bits per heavy atom. The first-order valence-electron chi connectivity index (χ1n) is 8.03. The SMILES string of the molecule is CCOc1ccc2c(c1)nc(CC#N)n2CCN1CCCC1. The Morgan fingerprint density at radius 1 is 1.27 bits per heavy atom. The molecule has 5 heteroatoms. The molecule has 22 heavy (non-hydrogen) atoms. The van der Waals surface area contributed by atoms with E-state index < -0.39 is 0 Å². The van der Waals surface area contributed by atoms with Crippen LogP contribution in [0.3, 0.4) is 0 Å². The molecule has 3 rings (SSSR count). The Kier molecular flexibility index (Phi) is 4.59. The number of nitrogens with zero attached hydrogens (tertiary/aromatic N) is 4. The lowest BCUT2D eigenvalue weighted by Crippen LogP contribution is -2.24. The average Bonchev–Trinajstić information content (AvgIpc) is 3.13. The highest BCUT2D eigenvalue weighted by atomic mass is 16.5. The summed E-state index contributed by atoms with van der Waals surface area (Å²) in [5, 5.41) is 9.05. The lowest BCUT2D eigenvalue weighted by molar-refractivity contribution is 0.322. The molecule has 2 aromatic rings. The third-order valence-electron chi connectivity index (χ3n) is 4.19. The molecule has 0 atom stereocenters. The van der Waals surface area contributed by atoms with Crippen LogP contribution in [0.2, 0.25) is 0 Å². The highest BCUT2D eigenvalue weighted by Crippen LogP contribution is 2.22. The molecule has 2 heterocycles. The summed E-state index contributed by atoms with van der Waals surface area (Å²) >= 11 is 0. The molecule has 1 aromatic heterocycles. The third-order valence-corrected chi connectivity index (χ3v) is 4.19. The predicted molar refractivity (Wildman–Crippen MR) is 85.9 cm³/mol. The molecule has 5 nitrogen and oxygen atoms in total. The van der Waals surface area contributed by atoms with Crippen LogP contribution in [0.1, 0.15) is 25.6 Å². The lowest BCUT2D eigenvalue weighted by Gasteiger charge is -2.16. The second-order valence-corrected chi connectivity index (χ2v) is 5.65. The van der Waals surface area contributed by atoms with Gasteiger partial charge in [0.25, 0.3) is 0 Å². The molecule has 1 fully saturated rings. The molecule has 1 aliphatic rings. The molecule has 0 aliphatic carbocycles. The van der Waals surface area contributed by atoms with Gasteiger partial charge < -0.3 is 14.2 Å². The summed E-state index contributed by atoms with van der Waals surface area (Å²) in [6, 6.07) is 8.23. The van der Waals surface area contributed by atoms with Crippen LogP contribution < -0.4 is 4.74 Å². The van der Waals surface area contributed by atoms with Crippen molar-refractivity contribution in [2.75, 3.05) is 26.2 Å². The van der Waals surface area contributed by atoms with Crippen LogP contribution in [-0.2, 0) is 13.0 Å². The van der Waals surface area contributed by atoms with Gasteiger partial charge in [-0.15, -0.1) is 0 Å². The van der Waals surface area contributed by atoms with Gasteiger partial charge in [-0.3, -0.25) is 0 Å². The first kappa shape index (κ1) is 14.9. The fourth-order valence-corrected chi connectivity index (χ4v) is 3.12. The number of fused-ring (bicyclic) bond motifs is 1. The van der Waals surface area contributed by atoms with Crippen LogP contribution in [0.25, 0.3) is 11.0 Å².